The molecule has 1 unspecified atom stereocenters. The van der Waals surface area contributed by atoms with Crippen molar-refractivity contribution in [1.82, 2.24) is 0 Å². The van der Waals surface area contributed by atoms with Crippen molar-refractivity contribution < 1.29 is 9.59 Å². The van der Waals surface area contributed by atoms with E-state index in [0.717, 1.165) is 0 Å². The molecule has 0 aromatic heterocycles. The molecular formula is C13H18ClN3O2. The molecule has 1 aromatic carbocycles. The lowest BCUT2D eigenvalue weighted by molar-refractivity contribution is -0.116. The van der Waals surface area contributed by atoms with Gasteiger partial charge in [-0.05, 0) is 24.1 Å². The highest BCUT2D eigenvalue weighted by Crippen LogP contribution is 2.23. The van der Waals surface area contributed by atoms with E-state index in [4.69, 9.17) is 23.1 Å². The largest absolute Gasteiger partial charge is 0.366 e. The molecule has 1 rings (SSSR count). The van der Waals surface area contributed by atoms with E-state index in [0.29, 0.717) is 10.7 Å². The fourth-order valence-corrected chi connectivity index (χ4v) is 1.59. The highest BCUT2D eigenvalue weighted by Gasteiger charge is 2.14. The number of nitrogens with one attached hydrogen (secondary N) is 1. The van der Waals surface area contributed by atoms with Crippen LogP contribution >= 0.6 is 11.6 Å². The number of anilines is 1. The zero-order valence-corrected chi connectivity index (χ0v) is 11.7. The van der Waals surface area contributed by atoms with Crippen LogP contribution in [0.3, 0.4) is 0 Å². The first-order valence-electron chi connectivity index (χ1n) is 5.96. The lowest BCUT2D eigenvalue weighted by Gasteiger charge is -2.15. The average Bonchev–Trinajstić information content (AvgIpc) is 2.31. The minimum Gasteiger partial charge on any atom is -0.366 e. The van der Waals surface area contributed by atoms with E-state index in [2.05, 4.69) is 5.32 Å². The first-order chi connectivity index (χ1) is 8.81. The molecule has 5 N–H and O–H groups in total. The van der Waals surface area contributed by atoms with Crippen molar-refractivity contribution in [2.45, 2.75) is 26.3 Å². The minimum atomic E-state index is -0.578. The molecule has 1 atom stereocenters. The molecule has 6 heteroatoms. The van der Waals surface area contributed by atoms with Crippen LogP contribution in [0.2, 0.25) is 5.02 Å². The third-order valence-electron chi connectivity index (χ3n) is 2.80. The number of carbonyl (C=O) groups excluding carboxylic acids is 2. The molecule has 5 nitrogen and oxygen atoms in total. The second kappa shape index (κ2) is 6.54. The quantitative estimate of drug-likeness (QED) is 0.768. The monoisotopic (exact) mass is 283 g/mol. The van der Waals surface area contributed by atoms with Gasteiger partial charge in [0.1, 0.15) is 0 Å². The first kappa shape index (κ1) is 15.5. The van der Waals surface area contributed by atoms with Crippen molar-refractivity contribution in [2.24, 2.45) is 17.4 Å². The number of benzene rings is 1. The van der Waals surface area contributed by atoms with E-state index >= 15 is 0 Å². The van der Waals surface area contributed by atoms with Gasteiger partial charge in [-0.2, -0.15) is 0 Å². The van der Waals surface area contributed by atoms with Crippen LogP contribution < -0.4 is 16.8 Å². The molecule has 0 fully saturated rings. The topological polar surface area (TPSA) is 98.2 Å². The molecule has 19 heavy (non-hydrogen) atoms. The smallest absolute Gasteiger partial charge is 0.248 e. The van der Waals surface area contributed by atoms with Gasteiger partial charge in [0.05, 0.1) is 10.7 Å². The molecule has 0 bridgehead atoms. The van der Waals surface area contributed by atoms with Gasteiger partial charge in [-0.3, -0.25) is 9.59 Å². The number of hydrogen-bond donors (Lipinski definition) is 3. The second-order valence-electron chi connectivity index (χ2n) is 4.72. The lowest BCUT2D eigenvalue weighted by Crippen LogP contribution is -2.31. The van der Waals surface area contributed by atoms with E-state index in [1.807, 2.05) is 13.8 Å². The number of amides is 2. The third-order valence-corrected chi connectivity index (χ3v) is 3.13. The Bertz CT molecular complexity index is 489. The van der Waals surface area contributed by atoms with Crippen LogP contribution in [0, 0.1) is 5.92 Å². The Morgan fingerprint density at radius 3 is 2.53 bits per heavy atom. The SMILES string of the molecule is CC(C)C(N)CC(=O)Nc1cc(C(N)=O)ccc1Cl. The van der Waals surface area contributed by atoms with E-state index in [-0.39, 0.29) is 29.9 Å². The Labute approximate surface area is 117 Å². The summed E-state index contributed by atoms with van der Waals surface area (Å²) in [7, 11) is 0. The number of halogens is 1. The zero-order valence-electron chi connectivity index (χ0n) is 10.9. The van der Waals surface area contributed by atoms with Gasteiger partial charge in [0.2, 0.25) is 11.8 Å². The Balaban J connectivity index is 2.79. The van der Waals surface area contributed by atoms with Gasteiger partial charge in [0, 0.05) is 18.0 Å². The summed E-state index contributed by atoms with van der Waals surface area (Å²) in [6.07, 6.45) is 0.189. The Kier molecular flexibility index (Phi) is 5.32. The Morgan fingerprint density at radius 1 is 1.37 bits per heavy atom. The van der Waals surface area contributed by atoms with Crippen LogP contribution in [-0.2, 0) is 4.79 Å². The lowest BCUT2D eigenvalue weighted by atomic mass is 10.0. The van der Waals surface area contributed by atoms with Crippen molar-refractivity contribution in [3.05, 3.63) is 28.8 Å². The predicted octanol–water partition coefficient (Wildman–Crippen LogP) is 1.75. The molecular weight excluding hydrogens is 266 g/mol. The molecule has 0 spiro atoms. The first-order valence-corrected chi connectivity index (χ1v) is 6.34. The highest BCUT2D eigenvalue weighted by molar-refractivity contribution is 6.33. The molecule has 2 amide bonds. The number of hydrogen-bond acceptors (Lipinski definition) is 3. The third kappa shape index (κ3) is 4.54. The molecule has 0 aliphatic heterocycles. The van der Waals surface area contributed by atoms with Crippen molar-refractivity contribution in [1.29, 1.82) is 0 Å². The molecule has 104 valence electrons. The van der Waals surface area contributed by atoms with E-state index in [1.54, 1.807) is 0 Å². The van der Waals surface area contributed by atoms with Gasteiger partial charge in [0.25, 0.3) is 0 Å². The maximum absolute atomic E-state index is 11.8. The summed E-state index contributed by atoms with van der Waals surface area (Å²) in [5, 5.41) is 2.98. The van der Waals surface area contributed by atoms with Gasteiger partial charge in [-0.1, -0.05) is 25.4 Å². The fourth-order valence-electron chi connectivity index (χ4n) is 1.43. The average molecular weight is 284 g/mol. The Hall–Kier alpha value is -1.59. The van der Waals surface area contributed by atoms with Gasteiger partial charge < -0.3 is 16.8 Å². The standard InChI is InChI=1S/C13H18ClN3O2/c1-7(2)10(15)6-12(18)17-11-5-8(13(16)19)3-4-9(11)14/h3-5,7,10H,6,15H2,1-2H3,(H2,16,19)(H,17,18). The van der Waals surface area contributed by atoms with Crippen LogP contribution in [0.5, 0.6) is 0 Å². The van der Waals surface area contributed by atoms with Gasteiger partial charge in [-0.25, -0.2) is 0 Å². The summed E-state index contributed by atoms with van der Waals surface area (Å²) in [5.74, 6) is -0.617. The predicted molar refractivity (Wildman–Crippen MR) is 76.0 cm³/mol. The summed E-state index contributed by atoms with van der Waals surface area (Å²) < 4.78 is 0. The number of nitrogens with two attached hydrogens (primary N) is 2. The van der Waals surface area contributed by atoms with E-state index in [9.17, 15) is 9.59 Å². The van der Waals surface area contributed by atoms with Gasteiger partial charge >= 0.3 is 0 Å². The van der Waals surface area contributed by atoms with E-state index in [1.165, 1.54) is 18.2 Å². The maximum atomic E-state index is 11.8. The normalized spacial score (nSPS) is 12.3. The molecule has 0 radical (unpaired) electrons. The van der Waals surface area contributed by atoms with Crippen LogP contribution in [0.25, 0.3) is 0 Å². The van der Waals surface area contributed by atoms with Crippen molar-refractivity contribution in [3.8, 4) is 0 Å². The number of rotatable bonds is 5. The van der Waals surface area contributed by atoms with Crippen molar-refractivity contribution >= 4 is 29.1 Å². The number of primary amides is 1. The molecule has 0 saturated heterocycles. The molecule has 0 aliphatic rings. The Morgan fingerprint density at radius 2 is 2.00 bits per heavy atom. The zero-order chi connectivity index (χ0) is 14.6. The molecule has 0 heterocycles. The highest BCUT2D eigenvalue weighted by atomic mass is 35.5. The van der Waals surface area contributed by atoms with Crippen LogP contribution in [0.15, 0.2) is 18.2 Å². The number of carbonyl (C=O) groups is 2. The van der Waals surface area contributed by atoms with E-state index < -0.39 is 5.91 Å². The molecule has 0 aliphatic carbocycles. The van der Waals surface area contributed by atoms with Gasteiger partial charge in [-0.15, -0.1) is 0 Å². The second-order valence-corrected chi connectivity index (χ2v) is 5.13. The van der Waals surface area contributed by atoms with Crippen LogP contribution in [-0.4, -0.2) is 17.9 Å². The molecule has 0 saturated carbocycles. The van der Waals surface area contributed by atoms with Crippen LogP contribution in [0.1, 0.15) is 30.6 Å². The van der Waals surface area contributed by atoms with Crippen LogP contribution in [0.4, 0.5) is 5.69 Å². The summed E-state index contributed by atoms with van der Waals surface area (Å²) in [6, 6.07) is 4.24. The summed E-state index contributed by atoms with van der Waals surface area (Å²) in [5.41, 5.74) is 11.6. The summed E-state index contributed by atoms with van der Waals surface area (Å²) in [6.45, 7) is 3.89. The fraction of sp³-hybridized carbons (Fsp3) is 0.385. The minimum absolute atomic E-state index is 0.189. The van der Waals surface area contributed by atoms with Gasteiger partial charge in [0.15, 0.2) is 0 Å². The summed E-state index contributed by atoms with van der Waals surface area (Å²) in [4.78, 5) is 22.9. The van der Waals surface area contributed by atoms with Crippen molar-refractivity contribution in [3.63, 3.8) is 0 Å². The van der Waals surface area contributed by atoms with Crippen molar-refractivity contribution in [2.75, 3.05) is 5.32 Å². The molecule has 1 aromatic rings. The maximum Gasteiger partial charge on any atom is 0.248 e. The summed E-state index contributed by atoms with van der Waals surface area (Å²) >= 11 is 5.95.